The van der Waals surface area contributed by atoms with Crippen LogP contribution in [-0.4, -0.2) is 65.0 Å². The number of rotatable bonds is 7. The van der Waals surface area contributed by atoms with E-state index in [1.165, 1.54) is 31.2 Å². The number of anilines is 2. The summed E-state index contributed by atoms with van der Waals surface area (Å²) in [4.78, 5) is 27.4. The Kier molecular flexibility index (Phi) is 7.13. The Morgan fingerprint density at radius 2 is 1.58 bits per heavy atom. The van der Waals surface area contributed by atoms with Crippen molar-refractivity contribution in [3.8, 4) is 5.75 Å². The van der Waals surface area contributed by atoms with Crippen molar-refractivity contribution in [2.24, 2.45) is 0 Å². The zero-order chi connectivity index (χ0) is 22.4. The monoisotopic (exact) mass is 446 g/mol. The van der Waals surface area contributed by atoms with Gasteiger partial charge in [0.1, 0.15) is 5.75 Å². The minimum atomic E-state index is -3.83. The number of sulfonamides is 1. The Morgan fingerprint density at radius 1 is 0.968 bits per heavy atom. The summed E-state index contributed by atoms with van der Waals surface area (Å²) in [5.41, 5.74) is 1.55. The van der Waals surface area contributed by atoms with Crippen LogP contribution in [0.25, 0.3) is 0 Å². The molecule has 2 aromatic carbocycles. The molecule has 1 aliphatic heterocycles. The molecule has 2 aromatic rings. The lowest BCUT2D eigenvalue weighted by atomic mass is 10.2. The first-order chi connectivity index (χ1) is 14.8. The smallest absolute Gasteiger partial charge is 0.241 e. The molecule has 0 aliphatic carbocycles. The number of carbonyl (C=O) groups is 2. The number of piperazine rings is 1. The molecular formula is C21H26N4O5S. The summed E-state index contributed by atoms with van der Waals surface area (Å²) in [6, 6.07) is 13.5. The zero-order valence-corrected chi connectivity index (χ0v) is 18.3. The lowest BCUT2D eigenvalue weighted by molar-refractivity contribution is -0.130. The van der Waals surface area contributed by atoms with Gasteiger partial charge in [-0.1, -0.05) is 0 Å². The van der Waals surface area contributed by atoms with Gasteiger partial charge in [0.25, 0.3) is 0 Å². The average molecular weight is 447 g/mol. The van der Waals surface area contributed by atoms with Gasteiger partial charge in [-0.25, -0.2) is 13.1 Å². The quantitative estimate of drug-likeness (QED) is 0.663. The number of nitrogens with one attached hydrogen (secondary N) is 2. The van der Waals surface area contributed by atoms with E-state index in [0.717, 1.165) is 11.4 Å². The molecule has 2 N–H and O–H groups in total. The average Bonchev–Trinajstić information content (AvgIpc) is 2.78. The summed E-state index contributed by atoms with van der Waals surface area (Å²) >= 11 is 0. The first kappa shape index (κ1) is 22.6. The minimum absolute atomic E-state index is 0.0266. The van der Waals surface area contributed by atoms with Gasteiger partial charge >= 0.3 is 0 Å². The molecule has 0 spiro atoms. The third-order valence-corrected chi connectivity index (χ3v) is 6.39. The second-order valence-corrected chi connectivity index (χ2v) is 8.86. The van der Waals surface area contributed by atoms with Crippen LogP contribution in [0.15, 0.2) is 53.4 Å². The molecule has 2 amide bonds. The molecule has 1 fully saturated rings. The van der Waals surface area contributed by atoms with Gasteiger partial charge in [0.2, 0.25) is 21.8 Å². The molecule has 0 atom stereocenters. The predicted molar refractivity (Wildman–Crippen MR) is 118 cm³/mol. The molecular weight excluding hydrogens is 420 g/mol. The maximum absolute atomic E-state index is 12.5. The minimum Gasteiger partial charge on any atom is -0.497 e. The molecule has 1 aliphatic rings. The van der Waals surface area contributed by atoms with Crippen LogP contribution in [0.5, 0.6) is 5.75 Å². The van der Waals surface area contributed by atoms with Crippen molar-refractivity contribution < 1.29 is 22.7 Å². The largest absolute Gasteiger partial charge is 0.497 e. The summed E-state index contributed by atoms with van der Waals surface area (Å²) in [6.07, 6.45) is 0. The van der Waals surface area contributed by atoms with E-state index >= 15 is 0 Å². The molecule has 0 bridgehead atoms. The highest BCUT2D eigenvalue weighted by Gasteiger charge is 2.23. The summed E-state index contributed by atoms with van der Waals surface area (Å²) < 4.78 is 32.4. The van der Waals surface area contributed by atoms with Gasteiger partial charge in [-0.2, -0.15) is 0 Å². The number of ether oxygens (including phenoxy) is 1. The third-order valence-electron chi connectivity index (χ3n) is 4.97. The maximum atomic E-state index is 12.5. The molecule has 3 rings (SSSR count). The van der Waals surface area contributed by atoms with Crippen LogP contribution in [0, 0.1) is 0 Å². The highest BCUT2D eigenvalue weighted by Crippen LogP contribution is 2.20. The fourth-order valence-electron chi connectivity index (χ4n) is 3.28. The maximum Gasteiger partial charge on any atom is 0.241 e. The Bertz CT molecular complexity index is 1010. The third kappa shape index (κ3) is 5.96. The fourth-order valence-corrected chi connectivity index (χ4v) is 4.25. The van der Waals surface area contributed by atoms with E-state index in [1.807, 2.05) is 24.3 Å². The molecule has 0 saturated carbocycles. The standard InChI is InChI=1S/C21H26N4O5S/c1-16(26)23-17-3-9-20(10-4-17)31(28,29)22-15-21(27)25-13-11-24(12-14-25)18-5-7-19(30-2)8-6-18/h3-10,22H,11-15H2,1-2H3,(H,23,26). The Labute approximate surface area is 182 Å². The molecule has 0 unspecified atom stereocenters. The van der Waals surface area contributed by atoms with Crippen LogP contribution in [0.1, 0.15) is 6.92 Å². The summed E-state index contributed by atoms with van der Waals surface area (Å²) in [5.74, 6) is 0.272. The second kappa shape index (κ2) is 9.80. The van der Waals surface area contributed by atoms with E-state index in [4.69, 9.17) is 4.74 Å². The number of methoxy groups -OCH3 is 1. The summed E-state index contributed by atoms with van der Waals surface area (Å²) in [7, 11) is -2.21. The van der Waals surface area contributed by atoms with E-state index < -0.39 is 10.0 Å². The van der Waals surface area contributed by atoms with Crippen molar-refractivity contribution in [3.05, 3.63) is 48.5 Å². The van der Waals surface area contributed by atoms with Gasteiger partial charge in [-0.3, -0.25) is 9.59 Å². The van der Waals surface area contributed by atoms with Crippen molar-refractivity contribution in [2.75, 3.05) is 50.1 Å². The lowest BCUT2D eigenvalue weighted by Crippen LogP contribution is -2.51. The second-order valence-electron chi connectivity index (χ2n) is 7.10. The first-order valence-electron chi connectivity index (χ1n) is 9.82. The number of carbonyl (C=O) groups excluding carboxylic acids is 2. The van der Waals surface area contributed by atoms with Gasteiger partial charge in [0, 0.05) is 44.5 Å². The van der Waals surface area contributed by atoms with Crippen molar-refractivity contribution in [2.45, 2.75) is 11.8 Å². The highest BCUT2D eigenvalue weighted by molar-refractivity contribution is 7.89. The topological polar surface area (TPSA) is 108 Å². The van der Waals surface area contributed by atoms with E-state index in [9.17, 15) is 18.0 Å². The van der Waals surface area contributed by atoms with Gasteiger partial charge in [0.05, 0.1) is 18.6 Å². The van der Waals surface area contributed by atoms with Gasteiger partial charge in [-0.15, -0.1) is 0 Å². The van der Waals surface area contributed by atoms with Crippen LogP contribution in [0.3, 0.4) is 0 Å². The van der Waals surface area contributed by atoms with Crippen LogP contribution in [0.4, 0.5) is 11.4 Å². The van der Waals surface area contributed by atoms with E-state index in [0.29, 0.717) is 31.9 Å². The van der Waals surface area contributed by atoms with Crippen molar-refractivity contribution in [3.63, 3.8) is 0 Å². The number of nitrogens with zero attached hydrogens (tertiary/aromatic N) is 2. The van der Waals surface area contributed by atoms with Crippen LogP contribution in [-0.2, 0) is 19.6 Å². The number of amides is 2. The SMILES string of the molecule is COc1ccc(N2CCN(C(=O)CNS(=O)(=O)c3ccc(NC(C)=O)cc3)CC2)cc1. The molecule has 31 heavy (non-hydrogen) atoms. The number of benzene rings is 2. The van der Waals surface area contributed by atoms with Crippen LogP contribution < -0.4 is 19.7 Å². The zero-order valence-electron chi connectivity index (χ0n) is 17.5. The Morgan fingerprint density at radius 3 is 2.13 bits per heavy atom. The molecule has 0 radical (unpaired) electrons. The highest BCUT2D eigenvalue weighted by atomic mass is 32.2. The Hall–Kier alpha value is -3.11. The van der Waals surface area contributed by atoms with E-state index in [2.05, 4.69) is 14.9 Å². The van der Waals surface area contributed by atoms with E-state index in [1.54, 1.807) is 12.0 Å². The molecule has 1 heterocycles. The van der Waals surface area contributed by atoms with Gasteiger partial charge in [0.15, 0.2) is 0 Å². The van der Waals surface area contributed by atoms with Crippen molar-refractivity contribution >= 4 is 33.2 Å². The predicted octanol–water partition coefficient (Wildman–Crippen LogP) is 1.28. The van der Waals surface area contributed by atoms with Crippen molar-refractivity contribution in [1.29, 1.82) is 0 Å². The fraction of sp³-hybridized carbons (Fsp3) is 0.333. The van der Waals surface area contributed by atoms with Gasteiger partial charge < -0.3 is 19.9 Å². The molecule has 166 valence electrons. The summed E-state index contributed by atoms with van der Waals surface area (Å²) in [5, 5.41) is 2.57. The normalized spacial score (nSPS) is 14.3. The first-order valence-corrected chi connectivity index (χ1v) is 11.3. The molecule has 1 saturated heterocycles. The van der Waals surface area contributed by atoms with Gasteiger partial charge in [-0.05, 0) is 48.5 Å². The molecule has 0 aromatic heterocycles. The molecule has 10 heteroatoms. The number of hydrogen-bond acceptors (Lipinski definition) is 6. The number of hydrogen-bond donors (Lipinski definition) is 2. The van der Waals surface area contributed by atoms with Crippen molar-refractivity contribution in [1.82, 2.24) is 9.62 Å². The lowest BCUT2D eigenvalue weighted by Gasteiger charge is -2.36. The van der Waals surface area contributed by atoms with E-state index in [-0.39, 0.29) is 23.3 Å². The Balaban J connectivity index is 1.50. The molecule has 9 nitrogen and oxygen atoms in total. The summed E-state index contributed by atoms with van der Waals surface area (Å²) in [6.45, 7) is 3.41. The van der Waals surface area contributed by atoms with Crippen LogP contribution >= 0.6 is 0 Å². The van der Waals surface area contributed by atoms with Crippen LogP contribution in [0.2, 0.25) is 0 Å².